The normalized spacial score (nSPS) is 15.4. The van der Waals surface area contributed by atoms with Gasteiger partial charge in [0.05, 0.1) is 17.1 Å². The van der Waals surface area contributed by atoms with E-state index in [1.165, 1.54) is 37.5 Å². The molecule has 1 N–H and O–H groups in total. The van der Waals surface area contributed by atoms with E-state index in [0.29, 0.717) is 23.8 Å². The number of esters is 1. The Balaban J connectivity index is 1.65. The maximum Gasteiger partial charge on any atom is 0.338 e. The highest BCUT2D eigenvalue weighted by atomic mass is 32.2. The molecule has 0 unspecified atom stereocenters. The van der Waals surface area contributed by atoms with Crippen LogP contribution in [0.25, 0.3) is 0 Å². The van der Waals surface area contributed by atoms with Gasteiger partial charge in [-0.1, -0.05) is 43.5 Å². The highest BCUT2D eigenvalue weighted by Crippen LogP contribution is 2.24. The Labute approximate surface area is 154 Å². The van der Waals surface area contributed by atoms with E-state index in [1.807, 2.05) is 0 Å². The van der Waals surface area contributed by atoms with Crippen LogP contribution >= 0.6 is 0 Å². The van der Waals surface area contributed by atoms with E-state index in [2.05, 4.69) is 4.72 Å². The maximum atomic E-state index is 12.4. The average molecular weight is 373 g/mol. The van der Waals surface area contributed by atoms with Crippen LogP contribution in [0, 0.1) is 5.92 Å². The SMILES string of the molecule is O=C(OCC1CCCCC1)c1cccc(NS(=O)(=O)c2ccccc2)c1. The largest absolute Gasteiger partial charge is 0.462 e. The van der Waals surface area contributed by atoms with Crippen molar-refractivity contribution in [2.45, 2.75) is 37.0 Å². The van der Waals surface area contributed by atoms with Crippen LogP contribution in [0.1, 0.15) is 42.5 Å². The molecular formula is C20H23NO4S. The molecule has 0 aromatic heterocycles. The minimum Gasteiger partial charge on any atom is -0.462 e. The third-order valence-electron chi connectivity index (χ3n) is 4.58. The van der Waals surface area contributed by atoms with Gasteiger partial charge in [0.1, 0.15) is 0 Å². The van der Waals surface area contributed by atoms with Crippen molar-refractivity contribution in [3.05, 3.63) is 60.2 Å². The number of rotatable bonds is 6. The number of sulfonamides is 1. The van der Waals surface area contributed by atoms with Crippen LogP contribution in [0.5, 0.6) is 0 Å². The zero-order chi connectivity index (χ0) is 18.4. The lowest BCUT2D eigenvalue weighted by Gasteiger charge is -2.21. The summed E-state index contributed by atoms with van der Waals surface area (Å²) in [6, 6.07) is 14.5. The lowest BCUT2D eigenvalue weighted by Crippen LogP contribution is -2.17. The van der Waals surface area contributed by atoms with Gasteiger partial charge in [0.2, 0.25) is 0 Å². The molecule has 6 heteroatoms. The first-order valence-electron chi connectivity index (χ1n) is 8.90. The second kappa shape index (κ2) is 8.36. The molecule has 0 spiro atoms. The molecule has 2 aromatic carbocycles. The summed E-state index contributed by atoms with van der Waals surface area (Å²) < 4.78 is 32.7. The van der Waals surface area contributed by atoms with Crippen molar-refractivity contribution >= 4 is 21.7 Å². The molecule has 1 aliphatic rings. The molecule has 1 aliphatic carbocycles. The van der Waals surface area contributed by atoms with Crippen molar-refractivity contribution in [1.82, 2.24) is 0 Å². The van der Waals surface area contributed by atoms with Crippen molar-refractivity contribution in [2.24, 2.45) is 5.92 Å². The van der Waals surface area contributed by atoms with Gasteiger partial charge in [-0.15, -0.1) is 0 Å². The van der Waals surface area contributed by atoms with Gasteiger partial charge in [0, 0.05) is 5.69 Å². The van der Waals surface area contributed by atoms with Gasteiger partial charge < -0.3 is 4.74 Å². The van der Waals surface area contributed by atoms with Crippen LogP contribution in [-0.4, -0.2) is 21.0 Å². The van der Waals surface area contributed by atoms with Crippen molar-refractivity contribution in [1.29, 1.82) is 0 Å². The van der Waals surface area contributed by atoms with Gasteiger partial charge >= 0.3 is 5.97 Å². The second-order valence-corrected chi connectivity index (χ2v) is 8.28. The first kappa shape index (κ1) is 18.5. The number of carbonyl (C=O) groups excluding carboxylic acids is 1. The van der Waals surface area contributed by atoms with E-state index < -0.39 is 16.0 Å². The van der Waals surface area contributed by atoms with Gasteiger partial charge in [0.25, 0.3) is 10.0 Å². The summed E-state index contributed by atoms with van der Waals surface area (Å²) in [5.74, 6) is 0.0174. The summed E-state index contributed by atoms with van der Waals surface area (Å²) in [6.07, 6.45) is 5.85. The summed E-state index contributed by atoms with van der Waals surface area (Å²) in [5.41, 5.74) is 0.676. The number of benzene rings is 2. The van der Waals surface area contributed by atoms with E-state index in [1.54, 1.807) is 36.4 Å². The molecule has 26 heavy (non-hydrogen) atoms. The van der Waals surface area contributed by atoms with Crippen LogP contribution in [-0.2, 0) is 14.8 Å². The molecule has 0 aliphatic heterocycles. The lowest BCUT2D eigenvalue weighted by atomic mass is 9.90. The molecule has 0 amide bonds. The molecule has 1 saturated carbocycles. The lowest BCUT2D eigenvalue weighted by molar-refractivity contribution is 0.0410. The minimum atomic E-state index is -3.69. The third-order valence-corrected chi connectivity index (χ3v) is 5.98. The molecule has 0 radical (unpaired) electrons. The molecule has 0 atom stereocenters. The van der Waals surface area contributed by atoms with Crippen molar-refractivity contribution in [3.63, 3.8) is 0 Å². The van der Waals surface area contributed by atoms with Crippen LogP contribution < -0.4 is 4.72 Å². The third kappa shape index (κ3) is 4.85. The van der Waals surface area contributed by atoms with Crippen LogP contribution in [0.15, 0.2) is 59.5 Å². The number of nitrogens with one attached hydrogen (secondary N) is 1. The topological polar surface area (TPSA) is 72.5 Å². The number of carbonyl (C=O) groups is 1. The Morgan fingerprint density at radius 3 is 2.46 bits per heavy atom. The average Bonchev–Trinajstić information content (AvgIpc) is 2.67. The molecule has 0 heterocycles. The zero-order valence-electron chi connectivity index (χ0n) is 14.6. The van der Waals surface area contributed by atoms with Gasteiger partial charge in [-0.05, 0) is 49.1 Å². The Hall–Kier alpha value is -2.34. The molecule has 0 bridgehead atoms. The van der Waals surface area contributed by atoms with Crippen LogP contribution in [0.3, 0.4) is 0 Å². The van der Waals surface area contributed by atoms with Crippen LogP contribution in [0.2, 0.25) is 0 Å². The van der Waals surface area contributed by atoms with E-state index >= 15 is 0 Å². The van der Waals surface area contributed by atoms with Gasteiger partial charge in [-0.25, -0.2) is 13.2 Å². The summed E-state index contributed by atoms with van der Waals surface area (Å²) in [7, 11) is -3.69. The standard InChI is InChI=1S/C20H23NO4S/c22-20(25-15-16-8-3-1-4-9-16)17-10-7-11-18(14-17)21-26(23,24)19-12-5-2-6-13-19/h2,5-7,10-14,16,21H,1,3-4,8-9,15H2. The maximum absolute atomic E-state index is 12.4. The van der Waals surface area contributed by atoms with Gasteiger partial charge in [-0.3, -0.25) is 4.72 Å². The smallest absolute Gasteiger partial charge is 0.338 e. The van der Waals surface area contributed by atoms with Crippen molar-refractivity contribution in [3.8, 4) is 0 Å². The van der Waals surface area contributed by atoms with Gasteiger partial charge in [-0.2, -0.15) is 0 Å². The predicted octanol–water partition coefficient (Wildman–Crippen LogP) is 4.22. The molecule has 138 valence electrons. The fourth-order valence-electron chi connectivity index (χ4n) is 3.15. The van der Waals surface area contributed by atoms with Crippen molar-refractivity contribution < 1.29 is 17.9 Å². The highest BCUT2D eigenvalue weighted by molar-refractivity contribution is 7.92. The Bertz CT molecular complexity index is 843. The molecule has 1 fully saturated rings. The fraction of sp³-hybridized carbons (Fsp3) is 0.350. The number of anilines is 1. The Kier molecular flexibility index (Phi) is 5.93. The molecular weight excluding hydrogens is 350 g/mol. The predicted molar refractivity (Wildman–Crippen MR) is 101 cm³/mol. The van der Waals surface area contributed by atoms with E-state index in [-0.39, 0.29) is 4.90 Å². The molecule has 3 rings (SSSR count). The fourth-order valence-corrected chi connectivity index (χ4v) is 4.22. The zero-order valence-corrected chi connectivity index (χ0v) is 15.4. The van der Waals surface area contributed by atoms with Gasteiger partial charge in [0.15, 0.2) is 0 Å². The Morgan fingerprint density at radius 1 is 1.00 bits per heavy atom. The number of hydrogen-bond donors (Lipinski definition) is 1. The quantitative estimate of drug-likeness (QED) is 0.769. The highest BCUT2D eigenvalue weighted by Gasteiger charge is 2.18. The summed E-state index contributed by atoms with van der Waals surface area (Å²) >= 11 is 0. The molecule has 5 nitrogen and oxygen atoms in total. The molecule has 2 aromatic rings. The monoisotopic (exact) mass is 373 g/mol. The molecule has 0 saturated heterocycles. The number of hydrogen-bond acceptors (Lipinski definition) is 4. The van der Waals surface area contributed by atoms with E-state index in [4.69, 9.17) is 4.74 Å². The van der Waals surface area contributed by atoms with E-state index in [0.717, 1.165) is 12.8 Å². The summed E-state index contributed by atoms with van der Waals surface area (Å²) in [6.45, 7) is 0.429. The summed E-state index contributed by atoms with van der Waals surface area (Å²) in [4.78, 5) is 12.4. The minimum absolute atomic E-state index is 0.172. The first-order valence-corrected chi connectivity index (χ1v) is 10.4. The van der Waals surface area contributed by atoms with Crippen molar-refractivity contribution in [2.75, 3.05) is 11.3 Å². The first-order chi connectivity index (χ1) is 12.5. The number of ether oxygens (including phenoxy) is 1. The second-order valence-electron chi connectivity index (χ2n) is 6.60. The Morgan fingerprint density at radius 2 is 1.73 bits per heavy atom. The van der Waals surface area contributed by atoms with Crippen LogP contribution in [0.4, 0.5) is 5.69 Å². The van der Waals surface area contributed by atoms with E-state index in [9.17, 15) is 13.2 Å². The summed E-state index contributed by atoms with van der Waals surface area (Å²) in [5, 5.41) is 0.